The highest BCUT2D eigenvalue weighted by atomic mass is 19.1. The third-order valence-corrected chi connectivity index (χ3v) is 2.43. The molecule has 1 heterocycles. The number of rotatable bonds is 6. The molecule has 1 atom stereocenters. The zero-order valence-electron chi connectivity index (χ0n) is 9.71. The van der Waals surface area contributed by atoms with Crippen LogP contribution in [-0.2, 0) is 9.59 Å². The first-order valence-electron chi connectivity index (χ1n) is 5.18. The van der Waals surface area contributed by atoms with Gasteiger partial charge in [-0.2, -0.15) is 0 Å². The van der Waals surface area contributed by atoms with Crippen molar-refractivity contribution >= 4 is 11.9 Å². The summed E-state index contributed by atoms with van der Waals surface area (Å²) in [6.45, 7) is 0.719. The first kappa shape index (κ1) is 14.0. The van der Waals surface area contributed by atoms with Crippen LogP contribution >= 0.6 is 0 Å². The number of carboxylic acids is 2. The molecule has 0 aliphatic heterocycles. The van der Waals surface area contributed by atoms with Crippen LogP contribution in [0.25, 0.3) is 0 Å². The van der Waals surface area contributed by atoms with Crippen molar-refractivity contribution < 1.29 is 24.2 Å². The zero-order valence-corrected chi connectivity index (χ0v) is 9.71. The van der Waals surface area contributed by atoms with E-state index in [4.69, 9.17) is 10.2 Å². The molecule has 18 heavy (non-hydrogen) atoms. The van der Waals surface area contributed by atoms with Crippen molar-refractivity contribution in [2.45, 2.75) is 13.0 Å². The van der Waals surface area contributed by atoms with E-state index in [1.54, 1.807) is 6.92 Å². The van der Waals surface area contributed by atoms with Gasteiger partial charge >= 0.3 is 11.9 Å². The number of nitrogens with zero attached hydrogens (tertiary/aromatic N) is 2. The molecule has 0 fully saturated rings. The van der Waals surface area contributed by atoms with E-state index in [-0.39, 0.29) is 0 Å². The zero-order chi connectivity index (χ0) is 13.7. The van der Waals surface area contributed by atoms with Crippen molar-refractivity contribution in [2.24, 2.45) is 0 Å². The van der Waals surface area contributed by atoms with Gasteiger partial charge in [0.1, 0.15) is 5.82 Å². The Bertz CT molecular complexity index is 436. The molecular formula is C11H13FN2O4. The maximum absolute atomic E-state index is 13.0. The number of aliphatic carboxylic acids is 2. The fourth-order valence-corrected chi connectivity index (χ4v) is 1.54. The molecule has 98 valence electrons. The van der Waals surface area contributed by atoms with Crippen LogP contribution in [0.1, 0.15) is 18.5 Å². The maximum atomic E-state index is 13.0. The minimum Gasteiger partial charge on any atom is -0.480 e. The summed E-state index contributed by atoms with van der Waals surface area (Å²) in [7, 11) is 0. The fourth-order valence-electron chi connectivity index (χ4n) is 1.54. The molecular weight excluding hydrogens is 243 g/mol. The summed E-state index contributed by atoms with van der Waals surface area (Å²) in [5, 5.41) is 17.4. The Morgan fingerprint density at radius 1 is 1.33 bits per heavy atom. The summed E-state index contributed by atoms with van der Waals surface area (Å²) < 4.78 is 13.0. The molecule has 1 aromatic heterocycles. The summed E-state index contributed by atoms with van der Waals surface area (Å²) in [5.41, 5.74) is 0.428. The molecule has 2 N–H and O–H groups in total. The molecule has 0 aliphatic carbocycles. The molecule has 0 spiro atoms. The van der Waals surface area contributed by atoms with Crippen LogP contribution in [0.4, 0.5) is 4.39 Å². The van der Waals surface area contributed by atoms with Crippen LogP contribution in [0.2, 0.25) is 0 Å². The largest absolute Gasteiger partial charge is 0.480 e. The molecule has 7 heteroatoms. The van der Waals surface area contributed by atoms with E-state index in [9.17, 15) is 14.0 Å². The summed E-state index contributed by atoms with van der Waals surface area (Å²) >= 11 is 0. The topological polar surface area (TPSA) is 90.7 Å². The Labute approximate surface area is 103 Å². The molecule has 1 rings (SSSR count). The second-order valence-electron chi connectivity index (χ2n) is 3.80. The first-order chi connectivity index (χ1) is 8.40. The average molecular weight is 256 g/mol. The molecule has 1 aromatic rings. The minimum absolute atomic E-state index is 0.428. The smallest absolute Gasteiger partial charge is 0.317 e. The van der Waals surface area contributed by atoms with Gasteiger partial charge in [0.15, 0.2) is 0 Å². The van der Waals surface area contributed by atoms with Crippen molar-refractivity contribution in [3.63, 3.8) is 0 Å². The summed E-state index contributed by atoms with van der Waals surface area (Å²) in [5.74, 6) is -2.84. The van der Waals surface area contributed by atoms with Gasteiger partial charge < -0.3 is 10.2 Å². The third kappa shape index (κ3) is 4.10. The van der Waals surface area contributed by atoms with Crippen LogP contribution in [0.15, 0.2) is 18.5 Å². The highest BCUT2D eigenvalue weighted by Gasteiger charge is 2.21. The summed E-state index contributed by atoms with van der Waals surface area (Å²) in [4.78, 5) is 26.2. The normalized spacial score (nSPS) is 12.4. The Morgan fingerprint density at radius 3 is 2.33 bits per heavy atom. The number of hydrogen-bond acceptors (Lipinski definition) is 4. The highest BCUT2D eigenvalue weighted by Crippen LogP contribution is 2.19. The standard InChI is InChI=1S/C11H13FN2O4/c1-7(8-2-9(12)4-13-3-8)14(5-10(15)16)6-11(17)18/h2-4,7H,5-6H2,1H3,(H,15,16)(H,17,18). The molecule has 0 aliphatic rings. The average Bonchev–Trinajstić information content (AvgIpc) is 2.26. The van der Waals surface area contributed by atoms with Crippen LogP contribution in [0, 0.1) is 5.82 Å². The van der Waals surface area contributed by atoms with Crippen LogP contribution in [0.3, 0.4) is 0 Å². The first-order valence-corrected chi connectivity index (χ1v) is 5.18. The van der Waals surface area contributed by atoms with E-state index in [2.05, 4.69) is 4.98 Å². The third-order valence-electron chi connectivity index (χ3n) is 2.43. The van der Waals surface area contributed by atoms with Crippen molar-refractivity contribution in [3.8, 4) is 0 Å². The fraction of sp³-hybridized carbons (Fsp3) is 0.364. The van der Waals surface area contributed by atoms with Crippen LogP contribution in [0.5, 0.6) is 0 Å². The number of halogens is 1. The number of pyridine rings is 1. The van der Waals surface area contributed by atoms with Crippen molar-refractivity contribution in [1.29, 1.82) is 0 Å². The monoisotopic (exact) mass is 256 g/mol. The SMILES string of the molecule is CC(c1cncc(F)c1)N(CC(=O)O)CC(=O)O. The van der Waals surface area contributed by atoms with E-state index >= 15 is 0 Å². The molecule has 1 unspecified atom stereocenters. The van der Waals surface area contributed by atoms with Gasteiger partial charge in [0.2, 0.25) is 0 Å². The molecule has 0 bridgehead atoms. The van der Waals surface area contributed by atoms with Gasteiger partial charge in [0.05, 0.1) is 19.3 Å². The lowest BCUT2D eigenvalue weighted by Gasteiger charge is -2.25. The quantitative estimate of drug-likeness (QED) is 0.780. The number of carbonyl (C=O) groups is 2. The lowest BCUT2D eigenvalue weighted by molar-refractivity contribution is -0.142. The van der Waals surface area contributed by atoms with Crippen LogP contribution in [-0.4, -0.2) is 45.1 Å². The van der Waals surface area contributed by atoms with Gasteiger partial charge in [0, 0.05) is 12.2 Å². The van der Waals surface area contributed by atoms with E-state index in [0.29, 0.717) is 5.56 Å². The van der Waals surface area contributed by atoms with Gasteiger partial charge in [-0.1, -0.05) is 0 Å². The molecule has 0 radical (unpaired) electrons. The predicted molar refractivity (Wildman–Crippen MR) is 59.5 cm³/mol. The molecule has 0 saturated heterocycles. The second-order valence-corrected chi connectivity index (χ2v) is 3.80. The van der Waals surface area contributed by atoms with Gasteiger partial charge in [-0.3, -0.25) is 19.5 Å². The second kappa shape index (κ2) is 6.06. The molecule has 0 saturated carbocycles. The van der Waals surface area contributed by atoms with E-state index in [1.165, 1.54) is 17.2 Å². The lowest BCUT2D eigenvalue weighted by atomic mass is 10.1. The van der Waals surface area contributed by atoms with Crippen molar-refractivity contribution in [2.75, 3.05) is 13.1 Å². The van der Waals surface area contributed by atoms with Crippen molar-refractivity contribution in [1.82, 2.24) is 9.88 Å². The number of carboxylic acid groups (broad SMARTS) is 2. The van der Waals surface area contributed by atoms with Crippen molar-refractivity contribution in [3.05, 3.63) is 29.8 Å². The Kier molecular flexibility index (Phi) is 4.73. The summed E-state index contributed by atoms with van der Waals surface area (Å²) in [6, 6.07) is 0.648. The Balaban J connectivity index is 2.90. The predicted octanol–water partition coefficient (Wildman–Crippen LogP) is 0.753. The molecule has 6 nitrogen and oxygen atoms in total. The molecule has 0 aromatic carbocycles. The van der Waals surface area contributed by atoms with E-state index in [1.807, 2.05) is 0 Å². The number of hydrogen-bond donors (Lipinski definition) is 2. The van der Waals surface area contributed by atoms with E-state index < -0.39 is 36.9 Å². The summed E-state index contributed by atoms with van der Waals surface area (Å²) in [6.07, 6.45) is 2.40. The molecule has 0 amide bonds. The maximum Gasteiger partial charge on any atom is 0.317 e. The number of aromatic nitrogens is 1. The Hall–Kier alpha value is -2.02. The van der Waals surface area contributed by atoms with Gasteiger partial charge in [0.25, 0.3) is 0 Å². The lowest BCUT2D eigenvalue weighted by Crippen LogP contribution is -2.36. The highest BCUT2D eigenvalue weighted by molar-refractivity contribution is 5.72. The minimum atomic E-state index is -1.15. The van der Waals surface area contributed by atoms with Crippen LogP contribution < -0.4 is 0 Å². The van der Waals surface area contributed by atoms with Gasteiger partial charge in [-0.15, -0.1) is 0 Å². The van der Waals surface area contributed by atoms with E-state index in [0.717, 1.165) is 6.20 Å². The van der Waals surface area contributed by atoms with Gasteiger partial charge in [-0.05, 0) is 18.6 Å². The Morgan fingerprint density at radius 2 is 1.89 bits per heavy atom. The van der Waals surface area contributed by atoms with Gasteiger partial charge in [-0.25, -0.2) is 4.39 Å².